The van der Waals surface area contributed by atoms with Crippen LogP contribution < -0.4 is 21.7 Å². The van der Waals surface area contributed by atoms with Crippen molar-refractivity contribution >= 4 is 29.7 Å². The maximum Gasteiger partial charge on any atom is 0.325 e. The van der Waals surface area contributed by atoms with Crippen LogP contribution in [0.1, 0.15) is 26.7 Å². The molecule has 3 amide bonds. The monoisotopic (exact) mass is 376 g/mol. The molecular weight excluding hydrogens is 352 g/mol. The second-order valence-electron chi connectivity index (χ2n) is 5.58. The van der Waals surface area contributed by atoms with Crippen molar-refractivity contribution in [2.24, 2.45) is 5.73 Å². The number of aliphatic carboxylic acids is 2. The van der Waals surface area contributed by atoms with Gasteiger partial charge in [0.1, 0.15) is 24.2 Å². The van der Waals surface area contributed by atoms with Crippen molar-refractivity contribution in [2.45, 2.75) is 50.9 Å². The van der Waals surface area contributed by atoms with E-state index >= 15 is 0 Å². The lowest BCUT2D eigenvalue weighted by molar-refractivity contribution is -0.141. The molecular formula is C14H24N4O8. The first kappa shape index (κ1) is 23.3. The van der Waals surface area contributed by atoms with Crippen LogP contribution in [0.15, 0.2) is 0 Å². The number of carbonyl (C=O) groups excluding carboxylic acids is 3. The van der Waals surface area contributed by atoms with E-state index in [1.165, 1.54) is 13.8 Å². The fourth-order valence-corrected chi connectivity index (χ4v) is 1.68. The zero-order chi connectivity index (χ0) is 20.4. The highest BCUT2D eigenvalue weighted by molar-refractivity contribution is 5.94. The van der Waals surface area contributed by atoms with Gasteiger partial charge in [0.15, 0.2) is 0 Å². The Bertz CT molecular complexity index is 553. The third-order valence-electron chi connectivity index (χ3n) is 3.29. The molecule has 0 saturated heterocycles. The summed E-state index contributed by atoms with van der Waals surface area (Å²) in [6.45, 7) is 1.85. The van der Waals surface area contributed by atoms with Crippen LogP contribution in [0.25, 0.3) is 0 Å². The third-order valence-corrected chi connectivity index (χ3v) is 3.29. The molecule has 0 aromatic rings. The quantitative estimate of drug-likeness (QED) is 0.193. The predicted octanol–water partition coefficient (Wildman–Crippen LogP) is -3.25. The summed E-state index contributed by atoms with van der Waals surface area (Å²) in [4.78, 5) is 57.2. The van der Waals surface area contributed by atoms with Gasteiger partial charge in [-0.05, 0) is 20.3 Å². The second kappa shape index (κ2) is 11.0. The van der Waals surface area contributed by atoms with Crippen LogP contribution >= 0.6 is 0 Å². The Morgan fingerprint density at radius 1 is 0.885 bits per heavy atom. The van der Waals surface area contributed by atoms with Gasteiger partial charge in [-0.3, -0.25) is 24.0 Å². The smallest absolute Gasteiger partial charge is 0.325 e. The van der Waals surface area contributed by atoms with Crippen molar-refractivity contribution in [3.63, 3.8) is 0 Å². The van der Waals surface area contributed by atoms with Gasteiger partial charge in [0.2, 0.25) is 17.7 Å². The highest BCUT2D eigenvalue weighted by atomic mass is 16.4. The molecule has 4 atom stereocenters. The van der Waals surface area contributed by atoms with E-state index in [1.807, 2.05) is 0 Å². The van der Waals surface area contributed by atoms with E-state index < -0.39 is 66.9 Å². The van der Waals surface area contributed by atoms with Crippen LogP contribution in [0.4, 0.5) is 0 Å². The normalized spacial score (nSPS) is 15.1. The molecule has 0 aliphatic carbocycles. The van der Waals surface area contributed by atoms with Gasteiger partial charge in [-0.25, -0.2) is 0 Å². The molecule has 0 saturated carbocycles. The van der Waals surface area contributed by atoms with Crippen molar-refractivity contribution < 1.29 is 39.3 Å². The van der Waals surface area contributed by atoms with Gasteiger partial charge in [0, 0.05) is 6.42 Å². The predicted molar refractivity (Wildman–Crippen MR) is 86.7 cm³/mol. The lowest BCUT2D eigenvalue weighted by Crippen LogP contribution is -2.56. The summed E-state index contributed by atoms with van der Waals surface area (Å²) in [5, 5.41) is 32.9. The van der Waals surface area contributed by atoms with Crippen molar-refractivity contribution in [1.82, 2.24) is 16.0 Å². The Labute approximate surface area is 149 Å². The van der Waals surface area contributed by atoms with Gasteiger partial charge in [-0.15, -0.1) is 0 Å². The molecule has 12 nitrogen and oxygen atoms in total. The minimum absolute atomic E-state index is 0.273. The summed E-state index contributed by atoms with van der Waals surface area (Å²) in [5.74, 6) is -4.96. The first-order valence-electron chi connectivity index (χ1n) is 7.71. The molecule has 0 heterocycles. The van der Waals surface area contributed by atoms with Gasteiger partial charge in [0.25, 0.3) is 0 Å². The fraction of sp³-hybridized carbons (Fsp3) is 0.643. The van der Waals surface area contributed by atoms with E-state index in [1.54, 1.807) is 0 Å². The van der Waals surface area contributed by atoms with E-state index in [0.717, 1.165) is 0 Å². The number of rotatable bonds is 11. The summed E-state index contributed by atoms with van der Waals surface area (Å²) in [6, 6.07) is -4.91. The average molecular weight is 376 g/mol. The molecule has 0 aliphatic rings. The van der Waals surface area contributed by atoms with E-state index in [0.29, 0.717) is 0 Å². The maximum atomic E-state index is 12.2. The molecule has 148 valence electrons. The summed E-state index contributed by atoms with van der Waals surface area (Å²) >= 11 is 0. The number of aliphatic hydroxyl groups is 1. The van der Waals surface area contributed by atoms with Crippen molar-refractivity contribution in [1.29, 1.82) is 0 Å². The molecule has 4 unspecified atom stereocenters. The Balaban J connectivity index is 4.93. The van der Waals surface area contributed by atoms with E-state index in [9.17, 15) is 24.0 Å². The first-order chi connectivity index (χ1) is 12.0. The number of hydrogen-bond donors (Lipinski definition) is 7. The molecule has 0 radical (unpaired) electrons. The molecule has 8 N–H and O–H groups in total. The fourth-order valence-electron chi connectivity index (χ4n) is 1.68. The van der Waals surface area contributed by atoms with Crippen LogP contribution in [0.5, 0.6) is 0 Å². The molecule has 12 heteroatoms. The molecule has 0 aromatic heterocycles. The topological polar surface area (TPSA) is 208 Å². The molecule has 0 rings (SSSR count). The molecule has 26 heavy (non-hydrogen) atoms. The zero-order valence-electron chi connectivity index (χ0n) is 14.4. The average Bonchev–Trinajstić information content (AvgIpc) is 2.56. The Morgan fingerprint density at radius 2 is 1.42 bits per heavy atom. The van der Waals surface area contributed by atoms with Crippen LogP contribution in [-0.2, 0) is 24.0 Å². The Kier molecular flexibility index (Phi) is 9.84. The standard InChI is InChI=1S/C14H24N4O8/c1-6(11(22)17-7(2)14(25)26)16-13(24)9(3-4-10(20)21)18-12(23)8(15)5-19/h6-9,19H,3-5,15H2,1-2H3,(H,16,24)(H,17,22)(H,18,23)(H,20,21)(H,25,26). The van der Waals surface area contributed by atoms with Crippen molar-refractivity contribution in [3.8, 4) is 0 Å². The van der Waals surface area contributed by atoms with Gasteiger partial charge in [-0.2, -0.15) is 0 Å². The number of carboxylic acids is 2. The summed E-state index contributed by atoms with van der Waals surface area (Å²) < 4.78 is 0. The van der Waals surface area contributed by atoms with Crippen LogP contribution in [0.2, 0.25) is 0 Å². The van der Waals surface area contributed by atoms with Gasteiger partial charge >= 0.3 is 11.9 Å². The molecule has 0 spiro atoms. The largest absolute Gasteiger partial charge is 0.481 e. The lowest BCUT2D eigenvalue weighted by atomic mass is 10.1. The summed E-state index contributed by atoms with van der Waals surface area (Å²) in [7, 11) is 0. The molecule has 0 aromatic carbocycles. The number of hydrogen-bond acceptors (Lipinski definition) is 7. The Hall–Kier alpha value is -2.73. The summed E-state index contributed by atoms with van der Waals surface area (Å²) in [6.07, 6.45) is -0.714. The van der Waals surface area contributed by atoms with E-state index in [4.69, 9.17) is 21.1 Å². The molecule has 0 aliphatic heterocycles. The highest BCUT2D eigenvalue weighted by Gasteiger charge is 2.27. The van der Waals surface area contributed by atoms with Gasteiger partial charge < -0.3 is 37.0 Å². The number of nitrogens with one attached hydrogen (secondary N) is 3. The highest BCUT2D eigenvalue weighted by Crippen LogP contribution is 2.00. The minimum atomic E-state index is -1.30. The molecule has 0 bridgehead atoms. The maximum absolute atomic E-state index is 12.2. The Morgan fingerprint density at radius 3 is 1.88 bits per heavy atom. The van der Waals surface area contributed by atoms with Crippen molar-refractivity contribution in [3.05, 3.63) is 0 Å². The van der Waals surface area contributed by atoms with Gasteiger partial charge in [-0.1, -0.05) is 0 Å². The number of carbonyl (C=O) groups is 5. The first-order valence-corrected chi connectivity index (χ1v) is 7.71. The van der Waals surface area contributed by atoms with E-state index in [2.05, 4.69) is 16.0 Å². The SMILES string of the molecule is CC(NC(=O)C(C)NC(=O)C(CCC(=O)O)NC(=O)C(N)CO)C(=O)O. The second-order valence-corrected chi connectivity index (χ2v) is 5.58. The number of aliphatic hydroxyl groups excluding tert-OH is 1. The molecule has 0 fully saturated rings. The summed E-state index contributed by atoms with van der Waals surface area (Å²) in [5.41, 5.74) is 5.32. The van der Waals surface area contributed by atoms with Crippen molar-refractivity contribution in [2.75, 3.05) is 6.61 Å². The van der Waals surface area contributed by atoms with E-state index in [-0.39, 0.29) is 6.42 Å². The number of nitrogens with two attached hydrogens (primary N) is 1. The third kappa shape index (κ3) is 8.39. The van der Waals surface area contributed by atoms with Crippen LogP contribution in [0, 0.1) is 0 Å². The lowest BCUT2D eigenvalue weighted by Gasteiger charge is -2.22. The number of carboxylic acid groups (broad SMARTS) is 2. The number of amides is 3. The van der Waals surface area contributed by atoms with Gasteiger partial charge in [0.05, 0.1) is 6.61 Å². The van der Waals surface area contributed by atoms with Crippen LogP contribution in [-0.4, -0.2) is 75.8 Å². The zero-order valence-corrected chi connectivity index (χ0v) is 14.4. The minimum Gasteiger partial charge on any atom is -0.481 e. The van der Waals surface area contributed by atoms with Crippen LogP contribution in [0.3, 0.4) is 0 Å².